The number of hydrogen-bond donors (Lipinski definition) is 1. The Labute approximate surface area is 75.8 Å². The van der Waals surface area contributed by atoms with Crippen LogP contribution in [0.4, 0.5) is 0 Å². The Hall–Kier alpha value is -0.560. The Kier molecular flexibility index (Phi) is 8.14. The van der Waals surface area contributed by atoms with Gasteiger partial charge in [-0.3, -0.25) is 0 Å². The van der Waals surface area contributed by atoms with E-state index in [0.717, 1.165) is 19.3 Å². The summed E-state index contributed by atoms with van der Waals surface area (Å²) in [6.45, 7) is 4.14. The smallest absolute Gasteiger partial charge is 0.0718 e. The molecule has 0 aliphatic carbocycles. The third-order valence-corrected chi connectivity index (χ3v) is 1.67. The molecular weight excluding hydrogens is 148 g/mol. The van der Waals surface area contributed by atoms with Crippen LogP contribution >= 0.6 is 0 Å². The van der Waals surface area contributed by atoms with Crippen molar-refractivity contribution in [2.24, 2.45) is 0 Å². The molecule has 1 N–H and O–H groups in total. The quantitative estimate of drug-likeness (QED) is 0.604. The number of aliphatic hydroxyl groups is 1. The Balaban J connectivity index is 3.35. The van der Waals surface area contributed by atoms with Gasteiger partial charge in [0.1, 0.15) is 0 Å². The average Bonchev–Trinajstić information content (AvgIpc) is 2.10. The summed E-state index contributed by atoms with van der Waals surface area (Å²) >= 11 is 0. The molecule has 1 heteroatoms. The van der Waals surface area contributed by atoms with E-state index in [4.69, 9.17) is 5.11 Å². The van der Waals surface area contributed by atoms with E-state index in [0.29, 0.717) is 0 Å². The molecule has 0 aromatic heterocycles. The van der Waals surface area contributed by atoms with Gasteiger partial charge in [-0.25, -0.2) is 0 Å². The van der Waals surface area contributed by atoms with Crippen molar-refractivity contribution in [1.29, 1.82) is 0 Å². The van der Waals surface area contributed by atoms with E-state index in [1.807, 2.05) is 19.1 Å². The molecule has 1 atom stereocenters. The van der Waals surface area contributed by atoms with Crippen molar-refractivity contribution >= 4 is 0 Å². The van der Waals surface area contributed by atoms with Crippen molar-refractivity contribution < 1.29 is 5.11 Å². The SMILES string of the molecule is CCC/C=C/C/C=C/C(O)CC. The van der Waals surface area contributed by atoms with E-state index in [1.54, 1.807) is 0 Å². The zero-order chi connectivity index (χ0) is 9.23. The van der Waals surface area contributed by atoms with Crippen LogP contribution in [0.3, 0.4) is 0 Å². The first kappa shape index (κ1) is 11.4. The summed E-state index contributed by atoms with van der Waals surface area (Å²) in [6, 6.07) is 0. The normalized spacial score (nSPS) is 14.6. The number of rotatable bonds is 6. The molecule has 1 nitrogen and oxygen atoms in total. The molecular formula is C11H20O. The van der Waals surface area contributed by atoms with Crippen LogP contribution in [0.25, 0.3) is 0 Å². The lowest BCUT2D eigenvalue weighted by atomic mass is 10.2. The van der Waals surface area contributed by atoms with Crippen LogP contribution in [0, 0.1) is 0 Å². The molecule has 0 spiro atoms. The summed E-state index contributed by atoms with van der Waals surface area (Å²) < 4.78 is 0. The van der Waals surface area contributed by atoms with Crippen molar-refractivity contribution in [2.75, 3.05) is 0 Å². The van der Waals surface area contributed by atoms with Crippen LogP contribution in [-0.2, 0) is 0 Å². The summed E-state index contributed by atoms with van der Waals surface area (Å²) in [7, 11) is 0. The highest BCUT2D eigenvalue weighted by Crippen LogP contribution is 1.95. The zero-order valence-corrected chi connectivity index (χ0v) is 8.16. The molecule has 70 valence electrons. The molecule has 0 bridgehead atoms. The van der Waals surface area contributed by atoms with Gasteiger partial charge in [-0.2, -0.15) is 0 Å². The molecule has 0 aromatic rings. The minimum absolute atomic E-state index is 0.260. The lowest BCUT2D eigenvalue weighted by Gasteiger charge is -1.96. The zero-order valence-electron chi connectivity index (χ0n) is 8.16. The largest absolute Gasteiger partial charge is 0.389 e. The summed E-state index contributed by atoms with van der Waals surface area (Å²) in [4.78, 5) is 0. The lowest BCUT2D eigenvalue weighted by molar-refractivity contribution is 0.219. The summed E-state index contributed by atoms with van der Waals surface area (Å²) in [6.07, 6.45) is 12.0. The van der Waals surface area contributed by atoms with Gasteiger partial charge < -0.3 is 5.11 Å². The predicted octanol–water partition coefficient (Wildman–Crippen LogP) is 3.06. The number of unbranched alkanes of at least 4 members (excludes halogenated alkanes) is 1. The Bertz CT molecular complexity index is 136. The summed E-state index contributed by atoms with van der Waals surface area (Å²) in [5.74, 6) is 0. The molecule has 0 fully saturated rings. The van der Waals surface area contributed by atoms with Crippen molar-refractivity contribution in [3.63, 3.8) is 0 Å². The van der Waals surface area contributed by atoms with Gasteiger partial charge >= 0.3 is 0 Å². The van der Waals surface area contributed by atoms with Crippen molar-refractivity contribution in [1.82, 2.24) is 0 Å². The maximum absolute atomic E-state index is 9.15. The number of hydrogen-bond acceptors (Lipinski definition) is 1. The number of allylic oxidation sites excluding steroid dienone is 3. The van der Waals surface area contributed by atoms with Crippen LogP contribution in [0.1, 0.15) is 39.5 Å². The lowest BCUT2D eigenvalue weighted by Crippen LogP contribution is -1.97. The van der Waals surface area contributed by atoms with Crippen LogP contribution in [-0.4, -0.2) is 11.2 Å². The standard InChI is InChI=1S/C11H20O/c1-3-5-6-7-8-9-10-11(12)4-2/h6-7,9-12H,3-5,8H2,1-2H3/b7-6+,10-9+. The van der Waals surface area contributed by atoms with Gasteiger partial charge in [-0.05, 0) is 19.3 Å². The molecule has 0 radical (unpaired) electrons. The van der Waals surface area contributed by atoms with E-state index in [9.17, 15) is 0 Å². The fraction of sp³-hybridized carbons (Fsp3) is 0.636. The molecule has 0 saturated carbocycles. The van der Waals surface area contributed by atoms with Gasteiger partial charge in [0.25, 0.3) is 0 Å². The van der Waals surface area contributed by atoms with Crippen LogP contribution in [0.2, 0.25) is 0 Å². The third kappa shape index (κ3) is 7.55. The second-order valence-electron chi connectivity index (χ2n) is 2.90. The third-order valence-electron chi connectivity index (χ3n) is 1.67. The fourth-order valence-electron chi connectivity index (χ4n) is 0.831. The second-order valence-corrected chi connectivity index (χ2v) is 2.90. The number of aliphatic hydroxyl groups excluding tert-OH is 1. The molecule has 12 heavy (non-hydrogen) atoms. The molecule has 0 saturated heterocycles. The minimum atomic E-state index is -0.260. The molecule has 0 heterocycles. The molecule has 1 unspecified atom stereocenters. The van der Waals surface area contributed by atoms with E-state index >= 15 is 0 Å². The predicted molar refractivity (Wildman–Crippen MR) is 54.1 cm³/mol. The second kappa shape index (κ2) is 8.54. The van der Waals surface area contributed by atoms with Gasteiger partial charge in [0.15, 0.2) is 0 Å². The molecule has 0 aliphatic heterocycles. The highest BCUT2D eigenvalue weighted by molar-refractivity contribution is 4.95. The first-order valence-electron chi connectivity index (χ1n) is 4.81. The first-order chi connectivity index (χ1) is 5.81. The van der Waals surface area contributed by atoms with Gasteiger partial charge in [-0.15, -0.1) is 0 Å². The van der Waals surface area contributed by atoms with Crippen LogP contribution < -0.4 is 0 Å². The fourth-order valence-corrected chi connectivity index (χ4v) is 0.831. The maximum Gasteiger partial charge on any atom is 0.0718 e. The highest BCUT2D eigenvalue weighted by Gasteiger charge is 1.89. The van der Waals surface area contributed by atoms with Crippen LogP contribution in [0.15, 0.2) is 24.3 Å². The van der Waals surface area contributed by atoms with Gasteiger partial charge in [-0.1, -0.05) is 44.6 Å². The van der Waals surface area contributed by atoms with E-state index in [2.05, 4.69) is 19.1 Å². The van der Waals surface area contributed by atoms with Gasteiger partial charge in [0.05, 0.1) is 6.10 Å². The average molecular weight is 168 g/mol. The Morgan fingerprint density at radius 2 is 1.92 bits per heavy atom. The maximum atomic E-state index is 9.15. The van der Waals surface area contributed by atoms with Crippen molar-refractivity contribution in [3.05, 3.63) is 24.3 Å². The Morgan fingerprint density at radius 1 is 1.17 bits per heavy atom. The van der Waals surface area contributed by atoms with Gasteiger partial charge in [0, 0.05) is 0 Å². The molecule has 0 aliphatic rings. The summed E-state index contributed by atoms with van der Waals surface area (Å²) in [5, 5.41) is 9.15. The van der Waals surface area contributed by atoms with E-state index in [1.165, 1.54) is 6.42 Å². The van der Waals surface area contributed by atoms with Crippen molar-refractivity contribution in [2.45, 2.75) is 45.6 Å². The monoisotopic (exact) mass is 168 g/mol. The molecule has 0 amide bonds. The van der Waals surface area contributed by atoms with Crippen molar-refractivity contribution in [3.8, 4) is 0 Å². The van der Waals surface area contributed by atoms with Crippen LogP contribution in [0.5, 0.6) is 0 Å². The summed E-state index contributed by atoms with van der Waals surface area (Å²) in [5.41, 5.74) is 0. The van der Waals surface area contributed by atoms with E-state index < -0.39 is 0 Å². The first-order valence-corrected chi connectivity index (χ1v) is 4.81. The Morgan fingerprint density at radius 3 is 2.50 bits per heavy atom. The topological polar surface area (TPSA) is 20.2 Å². The van der Waals surface area contributed by atoms with Gasteiger partial charge in [0.2, 0.25) is 0 Å². The molecule has 0 rings (SSSR count). The van der Waals surface area contributed by atoms with E-state index in [-0.39, 0.29) is 6.10 Å². The molecule has 0 aromatic carbocycles. The minimum Gasteiger partial charge on any atom is -0.389 e. The highest BCUT2D eigenvalue weighted by atomic mass is 16.3.